The third kappa shape index (κ3) is 2.64. The van der Waals surface area contributed by atoms with E-state index in [0.29, 0.717) is 13.0 Å². The number of ether oxygens (including phenoxy) is 1. The lowest BCUT2D eigenvalue weighted by atomic mass is 9.98. The van der Waals surface area contributed by atoms with Crippen LogP contribution in [0.25, 0.3) is 0 Å². The second-order valence-electron chi connectivity index (χ2n) is 4.17. The second-order valence-corrected chi connectivity index (χ2v) is 4.17. The maximum absolute atomic E-state index is 13.3. The number of carbonyl (C=O) groups excluding carboxylic acids is 1. The second kappa shape index (κ2) is 5.39. The van der Waals surface area contributed by atoms with Crippen LogP contribution in [-0.2, 0) is 9.53 Å². The third-order valence-corrected chi connectivity index (χ3v) is 3.02. The molecule has 2 unspecified atom stereocenters. The highest BCUT2D eigenvalue weighted by Gasteiger charge is 2.33. The molecule has 1 saturated heterocycles. The largest absolute Gasteiger partial charge is 0.377 e. The Labute approximate surface area is 103 Å². The van der Waals surface area contributed by atoms with Crippen LogP contribution in [0, 0.1) is 17.8 Å². The van der Waals surface area contributed by atoms with E-state index in [2.05, 4.69) is 10.3 Å². The molecule has 18 heavy (non-hydrogen) atoms. The van der Waals surface area contributed by atoms with Gasteiger partial charge in [0.2, 0.25) is 17.8 Å². The van der Waals surface area contributed by atoms with Gasteiger partial charge < -0.3 is 10.1 Å². The van der Waals surface area contributed by atoms with Crippen molar-refractivity contribution < 1.29 is 18.3 Å². The highest BCUT2D eigenvalue weighted by molar-refractivity contribution is 5.93. The number of pyridine rings is 1. The Morgan fingerprint density at radius 3 is 3.00 bits per heavy atom. The molecule has 1 amide bonds. The summed E-state index contributed by atoms with van der Waals surface area (Å²) in [6, 6.07) is 2.16. The summed E-state index contributed by atoms with van der Waals surface area (Å²) >= 11 is 0. The topological polar surface area (TPSA) is 51.2 Å². The van der Waals surface area contributed by atoms with Gasteiger partial charge in [-0.05, 0) is 25.0 Å². The standard InChI is InChI=1S/C12H14F2N2O2/c1-2-9-7(5-6-18-9)12(17)15-8-3-4-10(13)16-11(8)14/h3-4,7,9H,2,5-6H2,1H3,(H,15,17). The molecule has 1 aromatic heterocycles. The van der Waals surface area contributed by atoms with Gasteiger partial charge in [0.15, 0.2) is 0 Å². The van der Waals surface area contributed by atoms with E-state index in [4.69, 9.17) is 4.74 Å². The molecular formula is C12H14F2N2O2. The number of hydrogen-bond donors (Lipinski definition) is 1. The predicted molar refractivity (Wildman–Crippen MR) is 60.9 cm³/mol. The Kier molecular flexibility index (Phi) is 3.86. The van der Waals surface area contributed by atoms with Crippen LogP contribution < -0.4 is 5.32 Å². The SMILES string of the molecule is CCC1OCCC1C(=O)Nc1ccc(F)nc1F. The number of rotatable bonds is 3. The van der Waals surface area contributed by atoms with Crippen LogP contribution in [0.4, 0.5) is 14.5 Å². The van der Waals surface area contributed by atoms with Gasteiger partial charge >= 0.3 is 0 Å². The average Bonchev–Trinajstić information content (AvgIpc) is 2.81. The van der Waals surface area contributed by atoms with Gasteiger partial charge in [-0.2, -0.15) is 13.8 Å². The van der Waals surface area contributed by atoms with Crippen molar-refractivity contribution in [1.29, 1.82) is 0 Å². The summed E-state index contributed by atoms with van der Waals surface area (Å²) in [6.07, 6.45) is 1.20. The molecule has 0 aliphatic carbocycles. The van der Waals surface area contributed by atoms with E-state index in [9.17, 15) is 13.6 Å². The minimum absolute atomic E-state index is 0.108. The first-order valence-corrected chi connectivity index (χ1v) is 5.86. The van der Waals surface area contributed by atoms with E-state index in [1.54, 1.807) is 0 Å². The van der Waals surface area contributed by atoms with Crippen LogP contribution in [0.15, 0.2) is 12.1 Å². The lowest BCUT2D eigenvalue weighted by Crippen LogP contribution is -2.29. The molecule has 98 valence electrons. The van der Waals surface area contributed by atoms with Crippen molar-refractivity contribution in [2.24, 2.45) is 5.92 Å². The highest BCUT2D eigenvalue weighted by Crippen LogP contribution is 2.25. The number of aromatic nitrogens is 1. The van der Waals surface area contributed by atoms with E-state index in [1.165, 1.54) is 0 Å². The van der Waals surface area contributed by atoms with Gasteiger partial charge in [-0.1, -0.05) is 6.92 Å². The summed E-state index contributed by atoms with van der Waals surface area (Å²) in [5.74, 6) is -2.54. The molecule has 0 bridgehead atoms. The Morgan fingerprint density at radius 1 is 1.56 bits per heavy atom. The Balaban J connectivity index is 2.07. The third-order valence-electron chi connectivity index (χ3n) is 3.02. The molecule has 1 aromatic rings. The molecule has 0 saturated carbocycles. The molecule has 0 aromatic carbocycles. The first kappa shape index (κ1) is 12.9. The monoisotopic (exact) mass is 256 g/mol. The number of anilines is 1. The Morgan fingerprint density at radius 2 is 2.33 bits per heavy atom. The number of nitrogens with one attached hydrogen (secondary N) is 1. The van der Waals surface area contributed by atoms with Crippen molar-refractivity contribution in [2.45, 2.75) is 25.9 Å². The Bertz CT molecular complexity index is 454. The fourth-order valence-corrected chi connectivity index (χ4v) is 2.08. The molecule has 0 radical (unpaired) electrons. The zero-order valence-electron chi connectivity index (χ0n) is 9.95. The van der Waals surface area contributed by atoms with Crippen LogP contribution in [0.2, 0.25) is 0 Å². The summed E-state index contributed by atoms with van der Waals surface area (Å²) < 4.78 is 31.3. The molecule has 1 aliphatic heterocycles. The molecular weight excluding hydrogens is 242 g/mol. The molecule has 6 heteroatoms. The van der Waals surface area contributed by atoms with Crippen molar-refractivity contribution in [3.05, 3.63) is 24.0 Å². The maximum Gasteiger partial charge on any atom is 0.239 e. The number of amides is 1. The summed E-state index contributed by atoms with van der Waals surface area (Å²) in [5.41, 5.74) is -0.108. The fraction of sp³-hybridized carbons (Fsp3) is 0.500. The van der Waals surface area contributed by atoms with Gasteiger partial charge in [-0.3, -0.25) is 4.79 Å². The van der Waals surface area contributed by atoms with Gasteiger partial charge in [-0.15, -0.1) is 0 Å². The predicted octanol–water partition coefficient (Wildman–Crippen LogP) is 2.11. The molecule has 1 fully saturated rings. The van der Waals surface area contributed by atoms with Crippen LogP contribution in [0.5, 0.6) is 0 Å². The normalized spacial score (nSPS) is 23.1. The number of nitrogens with zero attached hydrogens (tertiary/aromatic N) is 1. The highest BCUT2D eigenvalue weighted by atomic mass is 19.1. The van der Waals surface area contributed by atoms with Gasteiger partial charge in [0.05, 0.1) is 17.7 Å². The van der Waals surface area contributed by atoms with Gasteiger partial charge in [0.1, 0.15) is 0 Å². The van der Waals surface area contributed by atoms with Crippen LogP contribution >= 0.6 is 0 Å². The maximum atomic E-state index is 13.3. The molecule has 2 rings (SSSR count). The quantitative estimate of drug-likeness (QED) is 0.843. The van der Waals surface area contributed by atoms with Crippen molar-refractivity contribution >= 4 is 11.6 Å². The summed E-state index contributed by atoms with van der Waals surface area (Å²) in [6.45, 7) is 2.46. The minimum Gasteiger partial charge on any atom is -0.377 e. The first-order chi connectivity index (χ1) is 8.61. The Hall–Kier alpha value is -1.56. The molecule has 2 heterocycles. The summed E-state index contributed by atoms with van der Waals surface area (Å²) in [4.78, 5) is 15.0. The van der Waals surface area contributed by atoms with Crippen molar-refractivity contribution in [3.63, 3.8) is 0 Å². The van der Waals surface area contributed by atoms with Crippen molar-refractivity contribution in [2.75, 3.05) is 11.9 Å². The van der Waals surface area contributed by atoms with Gasteiger partial charge in [0, 0.05) is 6.61 Å². The number of hydrogen-bond acceptors (Lipinski definition) is 3. The van der Waals surface area contributed by atoms with E-state index in [-0.39, 0.29) is 23.6 Å². The summed E-state index contributed by atoms with van der Waals surface area (Å²) in [7, 11) is 0. The van der Waals surface area contributed by atoms with Crippen molar-refractivity contribution in [3.8, 4) is 0 Å². The first-order valence-electron chi connectivity index (χ1n) is 5.86. The van der Waals surface area contributed by atoms with E-state index in [1.807, 2.05) is 6.92 Å². The van der Waals surface area contributed by atoms with Gasteiger partial charge in [-0.25, -0.2) is 0 Å². The average molecular weight is 256 g/mol. The number of halogens is 2. The van der Waals surface area contributed by atoms with E-state index >= 15 is 0 Å². The zero-order valence-corrected chi connectivity index (χ0v) is 9.95. The smallest absolute Gasteiger partial charge is 0.239 e. The van der Waals surface area contributed by atoms with E-state index < -0.39 is 11.9 Å². The molecule has 0 spiro atoms. The van der Waals surface area contributed by atoms with Crippen LogP contribution in [0.3, 0.4) is 0 Å². The lowest BCUT2D eigenvalue weighted by molar-refractivity contribution is -0.121. The summed E-state index contributed by atoms with van der Waals surface area (Å²) in [5, 5.41) is 2.42. The molecule has 1 aliphatic rings. The number of carbonyl (C=O) groups is 1. The molecule has 1 N–H and O–H groups in total. The van der Waals surface area contributed by atoms with E-state index in [0.717, 1.165) is 18.6 Å². The van der Waals surface area contributed by atoms with Gasteiger partial charge in [0.25, 0.3) is 0 Å². The lowest BCUT2D eigenvalue weighted by Gasteiger charge is -2.16. The zero-order chi connectivity index (χ0) is 13.1. The van der Waals surface area contributed by atoms with Crippen molar-refractivity contribution in [1.82, 2.24) is 4.98 Å². The fourth-order valence-electron chi connectivity index (χ4n) is 2.08. The van der Waals surface area contributed by atoms with Crippen LogP contribution in [0.1, 0.15) is 19.8 Å². The molecule has 4 nitrogen and oxygen atoms in total. The minimum atomic E-state index is -1.02. The molecule has 2 atom stereocenters. The van der Waals surface area contributed by atoms with Crippen LogP contribution in [-0.4, -0.2) is 23.6 Å².